The van der Waals surface area contributed by atoms with Gasteiger partial charge in [-0.05, 0) is 11.3 Å². The van der Waals surface area contributed by atoms with E-state index in [0.29, 0.717) is 18.1 Å². The van der Waals surface area contributed by atoms with Crippen molar-refractivity contribution in [1.82, 2.24) is 4.98 Å². The molecule has 0 radical (unpaired) electrons. The lowest BCUT2D eigenvalue weighted by molar-refractivity contribution is -0.380. The zero-order valence-corrected chi connectivity index (χ0v) is 7.50. The quantitative estimate of drug-likeness (QED) is 0.343. The van der Waals surface area contributed by atoms with Crippen molar-refractivity contribution in [3.63, 3.8) is 0 Å². The fraction of sp³-hybridized carbons (Fsp3) is 0.286. The van der Waals surface area contributed by atoms with Gasteiger partial charge in [-0.15, -0.1) is 12.3 Å². The molecular formula is C7H7N3O2S. The van der Waals surface area contributed by atoms with Gasteiger partial charge in [0.1, 0.15) is 6.20 Å². The summed E-state index contributed by atoms with van der Waals surface area (Å²) in [4.78, 5) is 13.6. The third kappa shape index (κ3) is 2.72. The van der Waals surface area contributed by atoms with Gasteiger partial charge in [-0.3, -0.25) is 10.1 Å². The van der Waals surface area contributed by atoms with Gasteiger partial charge in [0, 0.05) is 13.0 Å². The van der Waals surface area contributed by atoms with Gasteiger partial charge in [0.05, 0.1) is 4.92 Å². The molecule has 0 aliphatic carbocycles. The van der Waals surface area contributed by atoms with Crippen molar-refractivity contribution in [2.45, 2.75) is 6.42 Å². The van der Waals surface area contributed by atoms with Crippen LogP contribution in [0.25, 0.3) is 0 Å². The van der Waals surface area contributed by atoms with Crippen LogP contribution in [0.2, 0.25) is 0 Å². The Morgan fingerprint density at radius 3 is 3.15 bits per heavy atom. The van der Waals surface area contributed by atoms with Gasteiger partial charge in [-0.2, -0.15) is 0 Å². The van der Waals surface area contributed by atoms with E-state index in [9.17, 15) is 10.1 Å². The second kappa shape index (κ2) is 4.42. The second-order valence-electron chi connectivity index (χ2n) is 2.14. The Balaban J connectivity index is 2.50. The van der Waals surface area contributed by atoms with Gasteiger partial charge in [0.25, 0.3) is 0 Å². The fourth-order valence-electron chi connectivity index (χ4n) is 0.673. The molecule has 1 aromatic heterocycles. The van der Waals surface area contributed by atoms with E-state index in [2.05, 4.69) is 16.2 Å². The van der Waals surface area contributed by atoms with Gasteiger partial charge in [-0.25, -0.2) is 4.98 Å². The molecule has 1 rings (SSSR count). The van der Waals surface area contributed by atoms with Crippen LogP contribution in [0.5, 0.6) is 0 Å². The van der Waals surface area contributed by atoms with Crippen molar-refractivity contribution in [2.75, 3.05) is 11.9 Å². The van der Waals surface area contributed by atoms with E-state index in [4.69, 9.17) is 6.42 Å². The molecule has 6 heteroatoms. The van der Waals surface area contributed by atoms with Crippen LogP contribution >= 0.6 is 11.3 Å². The molecule has 0 atom stereocenters. The Bertz CT molecular complexity index is 342. The third-order valence-corrected chi connectivity index (χ3v) is 2.13. The highest BCUT2D eigenvalue weighted by Crippen LogP contribution is 2.24. The molecule has 0 aliphatic heterocycles. The smallest absolute Gasteiger partial charge is 0.345 e. The summed E-state index contributed by atoms with van der Waals surface area (Å²) in [6.07, 6.45) is 6.83. The van der Waals surface area contributed by atoms with Crippen molar-refractivity contribution in [3.8, 4) is 12.3 Å². The zero-order valence-electron chi connectivity index (χ0n) is 6.69. The number of terminal acetylenes is 1. The minimum atomic E-state index is -0.468. The highest BCUT2D eigenvalue weighted by atomic mass is 32.1. The van der Waals surface area contributed by atoms with E-state index >= 15 is 0 Å². The molecule has 0 unspecified atom stereocenters. The molecule has 0 aromatic carbocycles. The number of hydrogen-bond acceptors (Lipinski definition) is 5. The van der Waals surface area contributed by atoms with Crippen molar-refractivity contribution in [2.24, 2.45) is 0 Å². The maximum Gasteiger partial charge on any atom is 0.345 e. The number of anilines is 1. The van der Waals surface area contributed by atoms with Crippen LogP contribution in [0, 0.1) is 22.5 Å². The van der Waals surface area contributed by atoms with Crippen LogP contribution in [0.4, 0.5) is 10.1 Å². The van der Waals surface area contributed by atoms with Crippen LogP contribution in [0.1, 0.15) is 6.42 Å². The van der Waals surface area contributed by atoms with Gasteiger partial charge in [0.2, 0.25) is 0 Å². The minimum Gasteiger partial charge on any atom is -0.360 e. The molecule has 68 valence electrons. The summed E-state index contributed by atoms with van der Waals surface area (Å²) in [6, 6.07) is 0. The Morgan fingerprint density at radius 2 is 2.62 bits per heavy atom. The summed E-state index contributed by atoms with van der Waals surface area (Å²) < 4.78 is 0. The first-order chi connectivity index (χ1) is 6.24. The van der Waals surface area contributed by atoms with E-state index in [1.807, 2.05) is 0 Å². The molecule has 0 fully saturated rings. The van der Waals surface area contributed by atoms with Crippen LogP contribution in [0.3, 0.4) is 0 Å². The van der Waals surface area contributed by atoms with E-state index in [1.54, 1.807) is 0 Å². The molecule has 0 saturated heterocycles. The largest absolute Gasteiger partial charge is 0.360 e. The van der Waals surface area contributed by atoms with E-state index in [0.717, 1.165) is 11.3 Å². The van der Waals surface area contributed by atoms with Gasteiger partial charge >= 0.3 is 5.00 Å². The SMILES string of the molecule is C#CCCNc1ncc([N+](=O)[O-])s1. The summed E-state index contributed by atoms with van der Waals surface area (Å²) in [5.74, 6) is 2.45. The maximum atomic E-state index is 10.3. The second-order valence-corrected chi connectivity index (χ2v) is 3.15. The van der Waals surface area contributed by atoms with Gasteiger partial charge in [0.15, 0.2) is 5.13 Å². The predicted molar refractivity (Wildman–Crippen MR) is 50.7 cm³/mol. The lowest BCUT2D eigenvalue weighted by atomic mass is 10.4. The number of aromatic nitrogens is 1. The lowest BCUT2D eigenvalue weighted by Crippen LogP contribution is -1.98. The molecule has 0 saturated carbocycles. The standard InChI is InChI=1S/C7H7N3O2S/c1-2-3-4-8-7-9-5-6(13-7)10(11)12/h1,5H,3-4H2,(H,8,9). The third-order valence-electron chi connectivity index (χ3n) is 1.22. The molecule has 1 heterocycles. The van der Waals surface area contributed by atoms with Crippen LogP contribution in [-0.4, -0.2) is 16.5 Å². The Labute approximate surface area is 79.0 Å². The summed E-state index contributed by atoms with van der Waals surface area (Å²) in [6.45, 7) is 0.584. The Hall–Kier alpha value is -1.61. The minimum absolute atomic E-state index is 0.0307. The topological polar surface area (TPSA) is 68.1 Å². The first kappa shape index (κ1) is 9.48. The van der Waals surface area contributed by atoms with E-state index in [1.165, 1.54) is 6.20 Å². The maximum absolute atomic E-state index is 10.3. The molecule has 1 N–H and O–H groups in total. The van der Waals surface area contributed by atoms with Crippen molar-refractivity contribution < 1.29 is 4.92 Å². The number of rotatable bonds is 4. The van der Waals surface area contributed by atoms with Crippen molar-refractivity contribution in [1.29, 1.82) is 0 Å². The Morgan fingerprint density at radius 1 is 1.85 bits per heavy atom. The molecule has 0 bridgehead atoms. The molecule has 0 aliphatic rings. The average molecular weight is 197 g/mol. The molecule has 13 heavy (non-hydrogen) atoms. The van der Waals surface area contributed by atoms with E-state index in [-0.39, 0.29) is 5.00 Å². The number of nitrogens with zero attached hydrogens (tertiary/aromatic N) is 2. The van der Waals surface area contributed by atoms with Gasteiger partial charge < -0.3 is 5.32 Å². The van der Waals surface area contributed by atoms with Crippen molar-refractivity contribution >= 4 is 21.5 Å². The summed E-state index contributed by atoms with van der Waals surface area (Å²) in [5.41, 5.74) is 0. The van der Waals surface area contributed by atoms with Crippen LogP contribution in [0.15, 0.2) is 6.20 Å². The number of hydrogen-bond donors (Lipinski definition) is 1. The van der Waals surface area contributed by atoms with Crippen LogP contribution in [-0.2, 0) is 0 Å². The molecule has 1 aromatic rings. The summed E-state index contributed by atoms with van der Waals surface area (Å²) >= 11 is 1.00. The molecule has 0 amide bonds. The van der Waals surface area contributed by atoms with Crippen LogP contribution < -0.4 is 5.32 Å². The zero-order chi connectivity index (χ0) is 9.68. The average Bonchev–Trinajstić information content (AvgIpc) is 2.53. The normalized spacial score (nSPS) is 9.15. The van der Waals surface area contributed by atoms with E-state index < -0.39 is 4.92 Å². The molecule has 0 spiro atoms. The first-order valence-electron chi connectivity index (χ1n) is 3.51. The number of nitro groups is 1. The molecule has 5 nitrogen and oxygen atoms in total. The summed E-state index contributed by atoms with van der Waals surface area (Å²) in [5, 5.41) is 13.7. The molecular weight excluding hydrogens is 190 g/mol. The highest BCUT2D eigenvalue weighted by molar-refractivity contribution is 7.18. The number of thiazole rings is 1. The number of nitrogens with one attached hydrogen (secondary N) is 1. The summed E-state index contributed by atoms with van der Waals surface area (Å²) in [7, 11) is 0. The highest BCUT2D eigenvalue weighted by Gasteiger charge is 2.10. The van der Waals surface area contributed by atoms with Crippen molar-refractivity contribution in [3.05, 3.63) is 16.3 Å². The predicted octanol–water partition coefficient (Wildman–Crippen LogP) is 1.49. The first-order valence-corrected chi connectivity index (χ1v) is 4.33. The Kier molecular flexibility index (Phi) is 3.23. The van der Waals surface area contributed by atoms with Gasteiger partial charge in [-0.1, -0.05) is 0 Å². The lowest BCUT2D eigenvalue weighted by Gasteiger charge is -1.95. The fourth-order valence-corrected chi connectivity index (χ4v) is 1.33. The monoisotopic (exact) mass is 197 g/mol.